The van der Waals surface area contributed by atoms with Crippen LogP contribution in [0.25, 0.3) is 0 Å². The Hall–Kier alpha value is 0.820. The van der Waals surface area contributed by atoms with Crippen molar-refractivity contribution >= 4 is 18.6 Å². The van der Waals surface area contributed by atoms with Gasteiger partial charge in [-0.05, 0) is 6.42 Å². The van der Waals surface area contributed by atoms with Crippen molar-refractivity contribution in [2.45, 2.75) is 18.6 Å². The van der Waals surface area contributed by atoms with Gasteiger partial charge in [-0.3, -0.25) is 0 Å². The number of carbonyl (C=O) groups is 1. The second-order valence-corrected chi connectivity index (χ2v) is 1.87. The first-order valence-corrected chi connectivity index (χ1v) is 2.59. The van der Waals surface area contributed by atoms with E-state index >= 15 is 0 Å². The molecule has 0 amide bonds. The molecule has 0 aromatic rings. The van der Waals surface area contributed by atoms with Crippen LogP contribution in [0.1, 0.15) is 13.3 Å². The van der Waals surface area contributed by atoms with E-state index in [2.05, 4.69) is 12.6 Å². The van der Waals surface area contributed by atoms with E-state index in [-0.39, 0.29) is 29.6 Å². The SMILES string of the molecule is CCC(S)C(=O)[O-].[Na+]. The normalized spacial score (nSPS) is 11.8. The number of carboxylic acid groups (broad SMARTS) is 1. The third kappa shape index (κ3) is 4.97. The minimum absolute atomic E-state index is 0. The summed E-state index contributed by atoms with van der Waals surface area (Å²) < 4.78 is 0. The second kappa shape index (κ2) is 5.95. The van der Waals surface area contributed by atoms with Crippen molar-refractivity contribution in [3.8, 4) is 0 Å². The molecule has 0 N–H and O–H groups in total. The van der Waals surface area contributed by atoms with Gasteiger partial charge in [-0.2, -0.15) is 12.6 Å². The summed E-state index contributed by atoms with van der Waals surface area (Å²) in [6.45, 7) is 1.74. The van der Waals surface area contributed by atoms with Crippen LogP contribution in [0.15, 0.2) is 0 Å². The maximum Gasteiger partial charge on any atom is 1.00 e. The van der Waals surface area contributed by atoms with Crippen LogP contribution >= 0.6 is 12.6 Å². The minimum atomic E-state index is -1.09. The van der Waals surface area contributed by atoms with Gasteiger partial charge in [-0.15, -0.1) is 0 Å². The molecule has 0 fully saturated rings. The van der Waals surface area contributed by atoms with Gasteiger partial charge in [-0.25, -0.2) is 0 Å². The number of hydrogen-bond donors (Lipinski definition) is 1. The van der Waals surface area contributed by atoms with Crippen LogP contribution < -0.4 is 34.7 Å². The quantitative estimate of drug-likeness (QED) is 0.320. The van der Waals surface area contributed by atoms with Gasteiger partial charge in [0.2, 0.25) is 0 Å². The Morgan fingerprint density at radius 3 is 2.25 bits per heavy atom. The number of hydrogen-bond acceptors (Lipinski definition) is 3. The molecule has 0 bridgehead atoms. The summed E-state index contributed by atoms with van der Waals surface area (Å²) in [5.74, 6) is -1.09. The van der Waals surface area contributed by atoms with E-state index in [4.69, 9.17) is 0 Å². The second-order valence-electron chi connectivity index (χ2n) is 1.24. The van der Waals surface area contributed by atoms with E-state index in [1.807, 2.05) is 0 Å². The van der Waals surface area contributed by atoms with Gasteiger partial charge in [0.15, 0.2) is 0 Å². The number of carbonyl (C=O) groups excluding carboxylic acids is 1. The monoisotopic (exact) mass is 142 g/mol. The standard InChI is InChI=1S/C4H8O2S.Na/c1-2-3(7)4(5)6;/h3,7H,2H2,1H3,(H,5,6);/q;+1/p-1. The Kier molecular flexibility index (Phi) is 8.62. The molecule has 4 heteroatoms. The van der Waals surface area contributed by atoms with Gasteiger partial charge >= 0.3 is 29.6 Å². The molecular formula is C4H7NaO2S. The van der Waals surface area contributed by atoms with Crippen molar-refractivity contribution in [2.75, 3.05) is 0 Å². The first kappa shape index (κ1) is 11.6. The van der Waals surface area contributed by atoms with Crippen molar-refractivity contribution in [1.29, 1.82) is 0 Å². The van der Waals surface area contributed by atoms with Crippen LogP contribution in [0.4, 0.5) is 0 Å². The molecule has 8 heavy (non-hydrogen) atoms. The fourth-order valence-corrected chi connectivity index (χ4v) is 0.167. The van der Waals surface area contributed by atoms with Gasteiger partial charge < -0.3 is 9.90 Å². The van der Waals surface area contributed by atoms with E-state index < -0.39 is 11.2 Å². The third-order valence-corrected chi connectivity index (χ3v) is 1.23. The van der Waals surface area contributed by atoms with E-state index in [1.54, 1.807) is 6.92 Å². The van der Waals surface area contributed by atoms with Crippen LogP contribution in [0.5, 0.6) is 0 Å². The van der Waals surface area contributed by atoms with E-state index in [1.165, 1.54) is 0 Å². The molecule has 0 aliphatic carbocycles. The van der Waals surface area contributed by atoms with Gasteiger partial charge in [-0.1, -0.05) is 6.92 Å². The third-order valence-electron chi connectivity index (χ3n) is 0.659. The smallest absolute Gasteiger partial charge is 0.549 e. The van der Waals surface area contributed by atoms with Crippen LogP contribution in [0, 0.1) is 0 Å². The number of rotatable bonds is 2. The zero-order valence-corrected chi connectivity index (χ0v) is 7.94. The number of aliphatic carboxylic acids is 1. The maximum absolute atomic E-state index is 9.74. The molecule has 0 aliphatic heterocycles. The largest absolute Gasteiger partial charge is 1.00 e. The maximum atomic E-state index is 9.74. The average molecular weight is 142 g/mol. The van der Waals surface area contributed by atoms with Crippen molar-refractivity contribution in [3.63, 3.8) is 0 Å². The summed E-state index contributed by atoms with van der Waals surface area (Å²) >= 11 is 3.66. The van der Waals surface area contributed by atoms with Gasteiger partial charge in [0.25, 0.3) is 0 Å². The first-order valence-electron chi connectivity index (χ1n) is 2.07. The van der Waals surface area contributed by atoms with Crippen LogP contribution in [0.2, 0.25) is 0 Å². The Bertz CT molecular complexity index is 76.4. The zero-order valence-electron chi connectivity index (χ0n) is 5.05. The van der Waals surface area contributed by atoms with Gasteiger partial charge in [0.05, 0.1) is 5.97 Å². The molecule has 1 atom stereocenters. The molecule has 0 rings (SSSR count). The van der Waals surface area contributed by atoms with Crippen molar-refractivity contribution in [1.82, 2.24) is 0 Å². The average Bonchev–Trinajstić information content (AvgIpc) is 1.65. The number of thiol groups is 1. The molecule has 0 saturated carbocycles. The molecular weight excluding hydrogens is 135 g/mol. The van der Waals surface area contributed by atoms with Crippen LogP contribution in [-0.2, 0) is 4.79 Å². The van der Waals surface area contributed by atoms with Crippen LogP contribution in [-0.4, -0.2) is 11.2 Å². The summed E-state index contributed by atoms with van der Waals surface area (Å²) in [4.78, 5) is 9.74. The molecule has 42 valence electrons. The van der Waals surface area contributed by atoms with Crippen molar-refractivity contribution in [3.05, 3.63) is 0 Å². The summed E-state index contributed by atoms with van der Waals surface area (Å²) in [5.41, 5.74) is 0. The predicted octanol–water partition coefficient (Wildman–Crippen LogP) is -3.55. The van der Waals surface area contributed by atoms with E-state index in [9.17, 15) is 9.90 Å². The number of carboxylic acids is 1. The Morgan fingerprint density at radius 2 is 2.25 bits per heavy atom. The molecule has 0 aromatic heterocycles. The molecule has 0 aromatic carbocycles. The summed E-state index contributed by atoms with van der Waals surface area (Å²) in [6.07, 6.45) is 0.519. The molecule has 2 nitrogen and oxygen atoms in total. The van der Waals surface area contributed by atoms with Crippen molar-refractivity contribution in [2.24, 2.45) is 0 Å². The Balaban J connectivity index is 0. The topological polar surface area (TPSA) is 40.1 Å². The predicted molar refractivity (Wildman–Crippen MR) is 28.1 cm³/mol. The molecule has 0 heterocycles. The van der Waals surface area contributed by atoms with Crippen molar-refractivity contribution < 1.29 is 39.5 Å². The zero-order chi connectivity index (χ0) is 5.86. The summed E-state index contributed by atoms with van der Waals surface area (Å²) in [7, 11) is 0. The Morgan fingerprint density at radius 1 is 1.88 bits per heavy atom. The fourth-order valence-electron chi connectivity index (χ4n) is 0.167. The summed E-state index contributed by atoms with van der Waals surface area (Å²) in [5, 5.41) is 9.15. The van der Waals surface area contributed by atoms with E-state index in [0.717, 1.165) is 0 Å². The van der Waals surface area contributed by atoms with Gasteiger partial charge in [0.1, 0.15) is 0 Å². The fraction of sp³-hybridized carbons (Fsp3) is 0.750. The first-order chi connectivity index (χ1) is 3.18. The van der Waals surface area contributed by atoms with Crippen LogP contribution in [0.3, 0.4) is 0 Å². The van der Waals surface area contributed by atoms with E-state index in [0.29, 0.717) is 6.42 Å². The van der Waals surface area contributed by atoms with Gasteiger partial charge in [0, 0.05) is 5.25 Å². The molecule has 0 radical (unpaired) electrons. The molecule has 0 spiro atoms. The molecule has 1 unspecified atom stereocenters. The minimum Gasteiger partial charge on any atom is -0.549 e. The molecule has 0 saturated heterocycles. The summed E-state index contributed by atoms with van der Waals surface area (Å²) in [6, 6.07) is 0. The molecule has 0 aliphatic rings. The Labute approximate surface area is 76.4 Å².